The summed E-state index contributed by atoms with van der Waals surface area (Å²) in [4.78, 5) is 35.4. The van der Waals surface area contributed by atoms with Crippen LogP contribution in [0.5, 0.6) is 0 Å². The number of aryl methyl sites for hydroxylation is 1. The fourth-order valence-electron chi connectivity index (χ4n) is 2.46. The Kier molecular flexibility index (Phi) is 3.87. The number of aromatic nitrogens is 2. The molecule has 1 aliphatic carbocycles. The fourth-order valence-corrected chi connectivity index (χ4v) is 2.46. The van der Waals surface area contributed by atoms with E-state index in [0.29, 0.717) is 12.8 Å². The van der Waals surface area contributed by atoms with Crippen molar-refractivity contribution in [3.05, 3.63) is 28.2 Å². The number of ether oxygens (including phenoxy) is 1. The van der Waals surface area contributed by atoms with Gasteiger partial charge in [-0.2, -0.15) is 5.10 Å². The number of rotatable bonds is 3. The second-order valence-electron chi connectivity index (χ2n) is 4.92. The summed E-state index contributed by atoms with van der Waals surface area (Å²) in [5.41, 5.74) is -1.17. The molecular formula is C13H17N3O4. The molecule has 0 aliphatic heterocycles. The Morgan fingerprint density at radius 2 is 2.00 bits per heavy atom. The van der Waals surface area contributed by atoms with E-state index in [4.69, 9.17) is 4.74 Å². The SMILES string of the molecule is COC(=O)C1(NC(=O)c2ccc(=O)n(C)n2)CCCC1. The number of carbonyl (C=O) groups is 2. The molecule has 0 radical (unpaired) electrons. The molecule has 7 heteroatoms. The zero-order valence-electron chi connectivity index (χ0n) is 11.5. The van der Waals surface area contributed by atoms with Crippen LogP contribution in [0.15, 0.2) is 16.9 Å². The summed E-state index contributed by atoms with van der Waals surface area (Å²) in [5.74, 6) is -0.916. The van der Waals surface area contributed by atoms with Crippen LogP contribution in [0.25, 0.3) is 0 Å². The van der Waals surface area contributed by atoms with Crippen LogP contribution in [0.1, 0.15) is 36.2 Å². The van der Waals surface area contributed by atoms with Crippen LogP contribution in [-0.2, 0) is 16.6 Å². The van der Waals surface area contributed by atoms with Crippen molar-refractivity contribution in [1.82, 2.24) is 15.1 Å². The molecule has 1 aromatic rings. The lowest BCUT2D eigenvalue weighted by Gasteiger charge is -2.26. The van der Waals surface area contributed by atoms with Crippen LogP contribution in [0.2, 0.25) is 0 Å². The third-order valence-corrected chi connectivity index (χ3v) is 3.58. The Hall–Kier alpha value is -2.18. The molecule has 2 rings (SSSR count). The Balaban J connectivity index is 2.22. The first-order valence-electron chi connectivity index (χ1n) is 6.44. The van der Waals surface area contributed by atoms with E-state index in [0.717, 1.165) is 17.5 Å². The highest BCUT2D eigenvalue weighted by Gasteiger charge is 2.43. The first-order valence-corrected chi connectivity index (χ1v) is 6.44. The van der Waals surface area contributed by atoms with E-state index in [2.05, 4.69) is 10.4 Å². The maximum absolute atomic E-state index is 12.2. The zero-order chi connectivity index (χ0) is 14.8. The average Bonchev–Trinajstić information content (AvgIpc) is 2.90. The normalized spacial score (nSPS) is 16.7. The molecule has 0 spiro atoms. The first-order chi connectivity index (χ1) is 9.48. The Labute approximate surface area is 115 Å². The van der Waals surface area contributed by atoms with Gasteiger partial charge in [0, 0.05) is 13.1 Å². The summed E-state index contributed by atoms with van der Waals surface area (Å²) in [7, 11) is 2.77. The van der Waals surface area contributed by atoms with Crippen molar-refractivity contribution in [3.8, 4) is 0 Å². The molecule has 20 heavy (non-hydrogen) atoms. The van der Waals surface area contributed by atoms with Crippen LogP contribution < -0.4 is 10.9 Å². The summed E-state index contributed by atoms with van der Waals surface area (Å²) in [6.07, 6.45) is 2.82. The van der Waals surface area contributed by atoms with Gasteiger partial charge in [-0.05, 0) is 18.9 Å². The van der Waals surface area contributed by atoms with Gasteiger partial charge >= 0.3 is 5.97 Å². The van der Waals surface area contributed by atoms with Crippen LogP contribution in [0.3, 0.4) is 0 Å². The van der Waals surface area contributed by atoms with Gasteiger partial charge in [0.2, 0.25) is 0 Å². The number of esters is 1. The largest absolute Gasteiger partial charge is 0.467 e. The summed E-state index contributed by atoms with van der Waals surface area (Å²) >= 11 is 0. The molecule has 1 amide bonds. The molecule has 0 atom stereocenters. The number of hydrogen-bond acceptors (Lipinski definition) is 5. The van der Waals surface area contributed by atoms with Crippen molar-refractivity contribution >= 4 is 11.9 Å². The van der Waals surface area contributed by atoms with Crippen LogP contribution in [0.4, 0.5) is 0 Å². The number of amides is 1. The van der Waals surface area contributed by atoms with E-state index in [-0.39, 0.29) is 11.3 Å². The quantitative estimate of drug-likeness (QED) is 0.786. The molecule has 0 aromatic carbocycles. The van der Waals surface area contributed by atoms with Gasteiger partial charge in [0.1, 0.15) is 11.2 Å². The number of hydrogen-bond donors (Lipinski definition) is 1. The summed E-state index contributed by atoms with van der Waals surface area (Å²) in [5, 5.41) is 6.59. The van der Waals surface area contributed by atoms with Gasteiger partial charge in [0.25, 0.3) is 11.5 Å². The lowest BCUT2D eigenvalue weighted by molar-refractivity contribution is -0.148. The van der Waals surface area contributed by atoms with E-state index in [1.54, 1.807) is 0 Å². The molecule has 1 aromatic heterocycles. The van der Waals surface area contributed by atoms with Gasteiger partial charge in [0.05, 0.1) is 7.11 Å². The lowest BCUT2D eigenvalue weighted by atomic mass is 9.97. The number of methoxy groups -OCH3 is 1. The van der Waals surface area contributed by atoms with E-state index < -0.39 is 17.4 Å². The second-order valence-corrected chi connectivity index (χ2v) is 4.92. The number of carbonyl (C=O) groups excluding carboxylic acids is 2. The Morgan fingerprint density at radius 3 is 2.55 bits per heavy atom. The van der Waals surface area contributed by atoms with Crippen LogP contribution >= 0.6 is 0 Å². The summed E-state index contributed by atoms with van der Waals surface area (Å²) in [6.45, 7) is 0. The van der Waals surface area contributed by atoms with Crippen molar-refractivity contribution < 1.29 is 14.3 Å². The molecule has 108 valence electrons. The summed E-state index contributed by atoms with van der Waals surface area (Å²) in [6, 6.07) is 2.61. The molecule has 1 aliphatic rings. The molecule has 0 bridgehead atoms. The minimum Gasteiger partial charge on any atom is -0.467 e. The molecule has 1 N–H and O–H groups in total. The van der Waals surface area contributed by atoms with Gasteiger partial charge in [0.15, 0.2) is 0 Å². The third kappa shape index (κ3) is 2.56. The van der Waals surface area contributed by atoms with Gasteiger partial charge in [-0.15, -0.1) is 0 Å². The average molecular weight is 279 g/mol. The minimum atomic E-state index is -0.970. The predicted molar refractivity (Wildman–Crippen MR) is 70.2 cm³/mol. The van der Waals surface area contributed by atoms with Crippen molar-refractivity contribution in [1.29, 1.82) is 0 Å². The highest BCUT2D eigenvalue weighted by Crippen LogP contribution is 2.31. The maximum Gasteiger partial charge on any atom is 0.331 e. The van der Waals surface area contributed by atoms with Gasteiger partial charge < -0.3 is 10.1 Å². The lowest BCUT2D eigenvalue weighted by Crippen LogP contribution is -2.53. The highest BCUT2D eigenvalue weighted by atomic mass is 16.5. The second kappa shape index (κ2) is 5.44. The van der Waals surface area contributed by atoms with Crippen molar-refractivity contribution in [2.24, 2.45) is 7.05 Å². The van der Waals surface area contributed by atoms with Crippen LogP contribution in [0, 0.1) is 0 Å². The third-order valence-electron chi connectivity index (χ3n) is 3.58. The smallest absolute Gasteiger partial charge is 0.331 e. The van der Waals surface area contributed by atoms with E-state index in [1.165, 1.54) is 26.3 Å². The zero-order valence-corrected chi connectivity index (χ0v) is 11.5. The number of nitrogens with one attached hydrogen (secondary N) is 1. The fraction of sp³-hybridized carbons (Fsp3) is 0.538. The minimum absolute atomic E-state index is 0.0993. The highest BCUT2D eigenvalue weighted by molar-refractivity contribution is 5.96. The maximum atomic E-state index is 12.2. The molecule has 1 fully saturated rings. The topological polar surface area (TPSA) is 90.3 Å². The Bertz CT molecular complexity index is 588. The molecular weight excluding hydrogens is 262 g/mol. The van der Waals surface area contributed by atoms with Crippen molar-refractivity contribution in [3.63, 3.8) is 0 Å². The van der Waals surface area contributed by atoms with Gasteiger partial charge in [-0.25, -0.2) is 9.48 Å². The van der Waals surface area contributed by atoms with Crippen LogP contribution in [-0.4, -0.2) is 34.3 Å². The standard InChI is InChI=1S/C13H17N3O4/c1-16-10(17)6-5-9(15-16)11(18)14-13(12(19)20-2)7-3-4-8-13/h5-6H,3-4,7-8H2,1-2H3,(H,14,18). The van der Waals surface area contributed by atoms with Gasteiger partial charge in [-0.3, -0.25) is 9.59 Å². The first kappa shape index (κ1) is 14.2. The summed E-state index contributed by atoms with van der Waals surface area (Å²) < 4.78 is 5.87. The van der Waals surface area contributed by atoms with E-state index >= 15 is 0 Å². The van der Waals surface area contributed by atoms with Crippen molar-refractivity contribution in [2.45, 2.75) is 31.2 Å². The Morgan fingerprint density at radius 1 is 1.35 bits per heavy atom. The van der Waals surface area contributed by atoms with Crippen molar-refractivity contribution in [2.75, 3.05) is 7.11 Å². The predicted octanol–water partition coefficient (Wildman–Crippen LogP) is -0.00410. The van der Waals surface area contributed by atoms with E-state index in [1.807, 2.05) is 0 Å². The van der Waals surface area contributed by atoms with E-state index in [9.17, 15) is 14.4 Å². The monoisotopic (exact) mass is 279 g/mol. The molecule has 7 nitrogen and oxygen atoms in total. The molecule has 0 saturated heterocycles. The molecule has 1 saturated carbocycles. The molecule has 1 heterocycles. The van der Waals surface area contributed by atoms with Gasteiger partial charge in [-0.1, -0.05) is 12.8 Å². The molecule has 0 unspecified atom stereocenters. The number of nitrogens with zero attached hydrogens (tertiary/aromatic N) is 2.